The Morgan fingerprint density at radius 1 is 1.37 bits per heavy atom. The molecular formula is C13H11FN2O3. The van der Waals surface area contributed by atoms with Crippen LogP contribution in [0.15, 0.2) is 35.3 Å². The molecule has 6 heteroatoms. The van der Waals surface area contributed by atoms with Crippen molar-refractivity contribution in [3.8, 4) is 5.69 Å². The molecule has 0 N–H and O–H groups in total. The van der Waals surface area contributed by atoms with Crippen LogP contribution in [0, 0.1) is 12.7 Å². The normalized spacial score (nSPS) is 10.3. The summed E-state index contributed by atoms with van der Waals surface area (Å²) in [6, 6.07) is 5.67. The first-order valence-corrected chi connectivity index (χ1v) is 5.48. The van der Waals surface area contributed by atoms with Crippen molar-refractivity contribution in [2.75, 3.05) is 7.11 Å². The fraction of sp³-hybridized carbons (Fsp3) is 0.154. The van der Waals surface area contributed by atoms with Gasteiger partial charge in [0.2, 0.25) is 11.1 Å². The summed E-state index contributed by atoms with van der Waals surface area (Å²) in [4.78, 5) is 22.9. The zero-order valence-corrected chi connectivity index (χ0v) is 10.4. The summed E-state index contributed by atoms with van der Waals surface area (Å²) in [5.74, 6) is -1.22. The summed E-state index contributed by atoms with van der Waals surface area (Å²) in [6.45, 7) is 1.59. The first-order chi connectivity index (χ1) is 9.04. The van der Waals surface area contributed by atoms with Crippen LogP contribution >= 0.6 is 0 Å². The van der Waals surface area contributed by atoms with Crippen LogP contribution in [0.1, 0.15) is 16.1 Å². The van der Waals surface area contributed by atoms with E-state index in [1.54, 1.807) is 13.0 Å². The Balaban J connectivity index is 2.61. The number of esters is 1. The zero-order chi connectivity index (χ0) is 14.0. The second-order valence-electron chi connectivity index (χ2n) is 3.85. The van der Waals surface area contributed by atoms with E-state index in [1.807, 2.05) is 0 Å². The minimum Gasteiger partial charge on any atom is -0.464 e. The zero-order valence-electron chi connectivity index (χ0n) is 10.4. The maximum absolute atomic E-state index is 13.5. The number of hydrogen-bond donors (Lipinski definition) is 0. The van der Waals surface area contributed by atoms with Gasteiger partial charge in [-0.15, -0.1) is 0 Å². The summed E-state index contributed by atoms with van der Waals surface area (Å²) in [7, 11) is 1.16. The minimum absolute atomic E-state index is 0.339. The van der Waals surface area contributed by atoms with Crippen LogP contribution in [-0.2, 0) is 4.74 Å². The Bertz CT molecular complexity index is 695. The van der Waals surface area contributed by atoms with Crippen molar-refractivity contribution in [2.45, 2.75) is 6.92 Å². The third-order valence-electron chi connectivity index (χ3n) is 2.67. The van der Waals surface area contributed by atoms with Gasteiger partial charge in [0.1, 0.15) is 5.82 Å². The van der Waals surface area contributed by atoms with Gasteiger partial charge in [0, 0.05) is 17.8 Å². The average Bonchev–Trinajstić information content (AvgIpc) is 2.42. The summed E-state index contributed by atoms with van der Waals surface area (Å²) < 4.78 is 19.2. The molecule has 0 unspecified atom stereocenters. The van der Waals surface area contributed by atoms with Gasteiger partial charge in [0.15, 0.2) is 0 Å². The van der Waals surface area contributed by atoms with Gasteiger partial charge in [-0.2, -0.15) is 5.10 Å². The van der Waals surface area contributed by atoms with Crippen LogP contribution in [0.4, 0.5) is 4.39 Å². The predicted molar refractivity (Wildman–Crippen MR) is 65.9 cm³/mol. The summed E-state index contributed by atoms with van der Waals surface area (Å²) >= 11 is 0. The molecule has 0 aliphatic rings. The number of hydrogen-bond acceptors (Lipinski definition) is 4. The molecule has 5 nitrogen and oxygen atoms in total. The summed E-state index contributed by atoms with van der Waals surface area (Å²) in [5.41, 5.74) is -0.0644. The molecule has 1 heterocycles. The second-order valence-corrected chi connectivity index (χ2v) is 3.85. The molecule has 19 heavy (non-hydrogen) atoms. The summed E-state index contributed by atoms with van der Waals surface area (Å²) in [5, 5.41) is 3.88. The van der Waals surface area contributed by atoms with Gasteiger partial charge in [-0.05, 0) is 19.1 Å². The second kappa shape index (κ2) is 5.01. The number of benzene rings is 1. The van der Waals surface area contributed by atoms with Crippen LogP contribution in [0.3, 0.4) is 0 Å². The number of nitrogens with zero attached hydrogens (tertiary/aromatic N) is 2. The largest absolute Gasteiger partial charge is 0.464 e. The molecule has 0 aliphatic heterocycles. The van der Waals surface area contributed by atoms with Crippen molar-refractivity contribution in [1.82, 2.24) is 9.78 Å². The topological polar surface area (TPSA) is 61.2 Å². The van der Waals surface area contributed by atoms with Gasteiger partial charge in [0.25, 0.3) is 0 Å². The molecule has 0 aliphatic carbocycles. The fourth-order valence-corrected chi connectivity index (χ4v) is 1.62. The van der Waals surface area contributed by atoms with Crippen molar-refractivity contribution >= 4 is 5.97 Å². The molecule has 0 amide bonds. The molecule has 0 bridgehead atoms. The Morgan fingerprint density at radius 2 is 2.11 bits per heavy atom. The third kappa shape index (κ3) is 2.37. The lowest BCUT2D eigenvalue weighted by molar-refractivity contribution is 0.0590. The first kappa shape index (κ1) is 12.9. The van der Waals surface area contributed by atoms with Crippen molar-refractivity contribution in [3.63, 3.8) is 0 Å². The number of rotatable bonds is 2. The molecule has 0 fully saturated rings. The Morgan fingerprint density at radius 3 is 2.79 bits per heavy atom. The van der Waals surface area contributed by atoms with E-state index in [0.717, 1.165) is 7.11 Å². The number of halogens is 1. The molecule has 0 saturated carbocycles. The van der Waals surface area contributed by atoms with Gasteiger partial charge >= 0.3 is 5.97 Å². The average molecular weight is 262 g/mol. The lowest BCUT2D eigenvalue weighted by Crippen LogP contribution is -2.21. The van der Waals surface area contributed by atoms with Crippen LogP contribution in [0.5, 0.6) is 0 Å². The van der Waals surface area contributed by atoms with E-state index >= 15 is 0 Å². The minimum atomic E-state index is -0.826. The molecule has 0 atom stereocenters. The Kier molecular flexibility index (Phi) is 3.41. The number of carbonyl (C=O) groups excluding carboxylic acids is 1. The maximum atomic E-state index is 13.5. The molecule has 1 aromatic carbocycles. The van der Waals surface area contributed by atoms with E-state index in [0.29, 0.717) is 11.3 Å². The molecule has 1 aromatic heterocycles. The molecule has 2 aromatic rings. The highest BCUT2D eigenvalue weighted by atomic mass is 19.1. The standard InChI is InChI=1S/C13H11FN2O3/c1-8-9(14)4-3-5-10(8)16-7-6-11(17)12(15-16)13(18)19-2/h3-7H,1-2H3. The van der Waals surface area contributed by atoms with Gasteiger partial charge < -0.3 is 4.74 Å². The van der Waals surface area contributed by atoms with Crippen LogP contribution in [0.25, 0.3) is 5.69 Å². The predicted octanol–water partition coefficient (Wildman–Crippen LogP) is 1.47. The van der Waals surface area contributed by atoms with E-state index in [1.165, 1.54) is 29.1 Å². The Hall–Kier alpha value is -2.50. The molecule has 0 radical (unpaired) electrons. The van der Waals surface area contributed by atoms with Gasteiger partial charge in [-0.25, -0.2) is 13.9 Å². The van der Waals surface area contributed by atoms with Gasteiger partial charge in [0.05, 0.1) is 12.8 Å². The highest BCUT2D eigenvalue weighted by Gasteiger charge is 2.14. The smallest absolute Gasteiger partial charge is 0.362 e. The summed E-state index contributed by atoms with van der Waals surface area (Å²) in [6.07, 6.45) is 1.37. The molecule has 98 valence electrons. The van der Waals surface area contributed by atoms with E-state index in [9.17, 15) is 14.0 Å². The molecule has 2 rings (SSSR count). The Labute approximate surface area is 108 Å². The van der Waals surface area contributed by atoms with E-state index < -0.39 is 17.2 Å². The van der Waals surface area contributed by atoms with Crippen LogP contribution < -0.4 is 5.43 Å². The third-order valence-corrected chi connectivity index (χ3v) is 2.67. The van der Waals surface area contributed by atoms with Gasteiger partial charge in [-0.3, -0.25) is 4.79 Å². The molecule has 0 spiro atoms. The number of aromatic nitrogens is 2. The van der Waals surface area contributed by atoms with E-state index in [2.05, 4.69) is 9.84 Å². The lowest BCUT2D eigenvalue weighted by Gasteiger charge is -2.09. The van der Waals surface area contributed by atoms with Crippen molar-refractivity contribution in [3.05, 3.63) is 57.8 Å². The van der Waals surface area contributed by atoms with Crippen LogP contribution in [-0.4, -0.2) is 22.9 Å². The quantitative estimate of drug-likeness (QED) is 0.769. The first-order valence-electron chi connectivity index (χ1n) is 5.48. The SMILES string of the molecule is COC(=O)c1nn(-c2cccc(F)c2C)ccc1=O. The molecule has 0 saturated heterocycles. The lowest BCUT2D eigenvalue weighted by atomic mass is 10.2. The number of ether oxygens (including phenoxy) is 1. The maximum Gasteiger partial charge on any atom is 0.362 e. The van der Waals surface area contributed by atoms with E-state index in [4.69, 9.17) is 0 Å². The highest BCUT2D eigenvalue weighted by Crippen LogP contribution is 2.15. The number of methoxy groups -OCH3 is 1. The van der Waals surface area contributed by atoms with E-state index in [-0.39, 0.29) is 5.69 Å². The number of carbonyl (C=O) groups is 1. The highest BCUT2D eigenvalue weighted by molar-refractivity contribution is 5.86. The van der Waals surface area contributed by atoms with Gasteiger partial charge in [-0.1, -0.05) is 6.07 Å². The van der Waals surface area contributed by atoms with Crippen molar-refractivity contribution < 1.29 is 13.9 Å². The van der Waals surface area contributed by atoms with Crippen molar-refractivity contribution in [2.24, 2.45) is 0 Å². The molecular weight excluding hydrogens is 251 g/mol. The van der Waals surface area contributed by atoms with Crippen LogP contribution in [0.2, 0.25) is 0 Å². The fourth-order valence-electron chi connectivity index (χ4n) is 1.62. The monoisotopic (exact) mass is 262 g/mol. The van der Waals surface area contributed by atoms with Crippen molar-refractivity contribution in [1.29, 1.82) is 0 Å².